The van der Waals surface area contributed by atoms with Crippen LogP contribution in [0, 0.1) is 0 Å². The third-order valence-electron chi connectivity index (χ3n) is 1.85. The van der Waals surface area contributed by atoms with Crippen molar-refractivity contribution in [1.29, 1.82) is 0 Å². The van der Waals surface area contributed by atoms with Crippen molar-refractivity contribution in [3.05, 3.63) is 28.8 Å². The Labute approximate surface area is 106 Å². The van der Waals surface area contributed by atoms with Crippen LogP contribution < -0.4 is 10.6 Å². The van der Waals surface area contributed by atoms with Crippen LogP contribution in [0.5, 0.6) is 0 Å². The molecule has 0 spiro atoms. The molecule has 0 atom stereocenters. The number of halogens is 2. The van der Waals surface area contributed by atoms with Crippen LogP contribution in [-0.2, 0) is 4.79 Å². The van der Waals surface area contributed by atoms with Gasteiger partial charge in [0.1, 0.15) is 0 Å². The summed E-state index contributed by atoms with van der Waals surface area (Å²) in [4.78, 5) is 22.5. The van der Waals surface area contributed by atoms with E-state index in [9.17, 15) is 9.59 Å². The molecule has 0 saturated heterocycles. The van der Waals surface area contributed by atoms with Crippen LogP contribution in [0.1, 0.15) is 10.4 Å². The summed E-state index contributed by atoms with van der Waals surface area (Å²) in [5.74, 6) is -0.457. The molecule has 1 aromatic rings. The van der Waals surface area contributed by atoms with Gasteiger partial charge < -0.3 is 10.6 Å². The second-order valence-electron chi connectivity index (χ2n) is 2.96. The topological polar surface area (TPSA) is 58.2 Å². The summed E-state index contributed by atoms with van der Waals surface area (Å²) in [6.07, 6.45) is 0. The van der Waals surface area contributed by atoms with E-state index in [2.05, 4.69) is 26.6 Å². The standard InChI is InChI=1S/C10H10BrClN2O2/c1-13-10(16)6-2-3-7(12)8(4-6)14-9(15)5-11/h2-4H,5H2,1H3,(H,13,16)(H,14,15). The number of amides is 2. The predicted molar refractivity (Wildman–Crippen MR) is 67.3 cm³/mol. The first-order valence-electron chi connectivity index (χ1n) is 4.46. The Hall–Kier alpha value is -1.07. The normalized spacial score (nSPS) is 9.69. The highest BCUT2D eigenvalue weighted by molar-refractivity contribution is 9.09. The molecular weight excluding hydrogens is 295 g/mol. The van der Waals surface area contributed by atoms with Crippen molar-refractivity contribution in [1.82, 2.24) is 5.32 Å². The summed E-state index contributed by atoms with van der Waals surface area (Å²) in [5.41, 5.74) is 0.865. The van der Waals surface area contributed by atoms with Gasteiger partial charge in [-0.3, -0.25) is 9.59 Å². The van der Waals surface area contributed by atoms with Gasteiger partial charge in [-0.2, -0.15) is 0 Å². The Morgan fingerprint density at radius 3 is 2.69 bits per heavy atom. The summed E-state index contributed by atoms with van der Waals surface area (Å²) in [5, 5.41) is 5.64. The van der Waals surface area contributed by atoms with Crippen LogP contribution in [-0.4, -0.2) is 24.2 Å². The van der Waals surface area contributed by atoms with E-state index in [0.29, 0.717) is 16.3 Å². The molecule has 0 fully saturated rings. The molecule has 0 radical (unpaired) electrons. The monoisotopic (exact) mass is 304 g/mol. The molecule has 1 aromatic carbocycles. The van der Waals surface area contributed by atoms with E-state index in [-0.39, 0.29) is 17.1 Å². The number of hydrogen-bond donors (Lipinski definition) is 2. The van der Waals surface area contributed by atoms with Crippen LogP contribution in [0.2, 0.25) is 5.02 Å². The van der Waals surface area contributed by atoms with Crippen molar-refractivity contribution in [2.45, 2.75) is 0 Å². The smallest absolute Gasteiger partial charge is 0.251 e. The summed E-state index contributed by atoms with van der Waals surface area (Å²) in [7, 11) is 1.54. The van der Waals surface area contributed by atoms with Gasteiger partial charge in [-0.05, 0) is 18.2 Å². The lowest BCUT2D eigenvalue weighted by Crippen LogP contribution is -2.18. The molecule has 2 amide bonds. The minimum Gasteiger partial charge on any atom is -0.355 e. The van der Waals surface area contributed by atoms with Gasteiger partial charge in [0.15, 0.2) is 0 Å². The lowest BCUT2D eigenvalue weighted by molar-refractivity contribution is -0.113. The first kappa shape index (κ1) is 13.0. The van der Waals surface area contributed by atoms with Crippen LogP contribution in [0.3, 0.4) is 0 Å². The molecule has 0 aliphatic carbocycles. The van der Waals surface area contributed by atoms with Crippen molar-refractivity contribution < 1.29 is 9.59 Å². The lowest BCUT2D eigenvalue weighted by Gasteiger charge is -2.07. The third kappa shape index (κ3) is 3.21. The van der Waals surface area contributed by atoms with Gasteiger partial charge in [0.25, 0.3) is 5.91 Å². The minimum absolute atomic E-state index is 0.174. The van der Waals surface area contributed by atoms with Crippen molar-refractivity contribution in [3.63, 3.8) is 0 Å². The molecule has 1 rings (SSSR count). The fraction of sp³-hybridized carbons (Fsp3) is 0.200. The number of carbonyl (C=O) groups excluding carboxylic acids is 2. The number of alkyl halides is 1. The predicted octanol–water partition coefficient (Wildman–Crippen LogP) is 2.03. The van der Waals surface area contributed by atoms with E-state index in [0.717, 1.165) is 0 Å². The average Bonchev–Trinajstić information content (AvgIpc) is 2.30. The van der Waals surface area contributed by atoms with Gasteiger partial charge in [-0.1, -0.05) is 27.5 Å². The molecule has 86 valence electrons. The lowest BCUT2D eigenvalue weighted by atomic mass is 10.2. The van der Waals surface area contributed by atoms with E-state index in [1.807, 2.05) is 0 Å². The fourth-order valence-corrected chi connectivity index (χ4v) is 1.40. The van der Waals surface area contributed by atoms with Crippen LogP contribution in [0.15, 0.2) is 18.2 Å². The minimum atomic E-state index is -0.231. The largest absolute Gasteiger partial charge is 0.355 e. The van der Waals surface area contributed by atoms with Gasteiger partial charge in [0.05, 0.1) is 16.0 Å². The number of rotatable bonds is 3. The Kier molecular flexibility index (Phi) is 4.76. The second kappa shape index (κ2) is 5.86. The highest BCUT2D eigenvalue weighted by Gasteiger charge is 2.09. The Bertz CT molecular complexity index is 423. The summed E-state index contributed by atoms with van der Waals surface area (Å²) >= 11 is 8.91. The number of hydrogen-bond acceptors (Lipinski definition) is 2. The van der Waals surface area contributed by atoms with E-state index >= 15 is 0 Å². The maximum Gasteiger partial charge on any atom is 0.251 e. The van der Waals surface area contributed by atoms with Crippen molar-refractivity contribution in [3.8, 4) is 0 Å². The van der Waals surface area contributed by atoms with Crippen LogP contribution >= 0.6 is 27.5 Å². The third-order valence-corrected chi connectivity index (χ3v) is 2.69. The summed E-state index contributed by atoms with van der Waals surface area (Å²) in [6.45, 7) is 0. The van der Waals surface area contributed by atoms with E-state index in [1.54, 1.807) is 12.1 Å². The maximum atomic E-state index is 11.4. The van der Waals surface area contributed by atoms with Crippen molar-refractivity contribution in [2.24, 2.45) is 0 Å². The molecular formula is C10H10BrClN2O2. The van der Waals surface area contributed by atoms with E-state index < -0.39 is 0 Å². The fourth-order valence-electron chi connectivity index (χ4n) is 1.09. The summed E-state index contributed by atoms with van der Waals surface area (Å²) in [6, 6.07) is 4.68. The van der Waals surface area contributed by atoms with Gasteiger partial charge in [-0.15, -0.1) is 0 Å². The van der Waals surface area contributed by atoms with Crippen molar-refractivity contribution in [2.75, 3.05) is 17.7 Å². The second-order valence-corrected chi connectivity index (χ2v) is 3.92. The SMILES string of the molecule is CNC(=O)c1ccc(Cl)c(NC(=O)CBr)c1. The van der Waals surface area contributed by atoms with Gasteiger partial charge in [-0.25, -0.2) is 0 Å². The first-order valence-corrected chi connectivity index (χ1v) is 5.96. The van der Waals surface area contributed by atoms with E-state index in [4.69, 9.17) is 11.6 Å². The van der Waals surface area contributed by atoms with Crippen LogP contribution in [0.4, 0.5) is 5.69 Å². The average molecular weight is 306 g/mol. The maximum absolute atomic E-state index is 11.4. The number of carbonyl (C=O) groups is 2. The van der Waals surface area contributed by atoms with Gasteiger partial charge in [0.2, 0.25) is 5.91 Å². The van der Waals surface area contributed by atoms with E-state index in [1.165, 1.54) is 13.1 Å². The molecule has 2 N–H and O–H groups in total. The quantitative estimate of drug-likeness (QED) is 0.840. The number of nitrogens with one attached hydrogen (secondary N) is 2. The molecule has 0 aliphatic rings. The highest BCUT2D eigenvalue weighted by Crippen LogP contribution is 2.23. The molecule has 0 unspecified atom stereocenters. The van der Waals surface area contributed by atoms with Gasteiger partial charge >= 0.3 is 0 Å². The molecule has 16 heavy (non-hydrogen) atoms. The number of anilines is 1. The van der Waals surface area contributed by atoms with Gasteiger partial charge in [0, 0.05) is 12.6 Å². The van der Waals surface area contributed by atoms with Crippen molar-refractivity contribution >= 4 is 45.0 Å². The zero-order valence-corrected chi connectivity index (χ0v) is 10.9. The molecule has 0 aliphatic heterocycles. The molecule has 0 saturated carbocycles. The molecule has 4 nitrogen and oxygen atoms in total. The molecule has 6 heteroatoms. The Balaban J connectivity index is 2.99. The zero-order chi connectivity index (χ0) is 12.1. The zero-order valence-electron chi connectivity index (χ0n) is 8.51. The Morgan fingerprint density at radius 2 is 2.12 bits per heavy atom. The summed E-state index contributed by atoms with van der Waals surface area (Å²) < 4.78 is 0. The Morgan fingerprint density at radius 1 is 1.44 bits per heavy atom. The molecule has 0 aromatic heterocycles. The highest BCUT2D eigenvalue weighted by atomic mass is 79.9. The molecule has 0 heterocycles. The van der Waals surface area contributed by atoms with Crippen LogP contribution in [0.25, 0.3) is 0 Å². The molecule has 0 bridgehead atoms. The first-order chi connectivity index (χ1) is 7.58. The number of benzene rings is 1.